The van der Waals surface area contributed by atoms with Gasteiger partial charge < -0.3 is 15.4 Å². The second-order valence-electron chi connectivity index (χ2n) is 3.81. The molecule has 82 valence electrons. The minimum atomic E-state index is -0.0636. The summed E-state index contributed by atoms with van der Waals surface area (Å²) in [4.78, 5) is 13.5. The van der Waals surface area contributed by atoms with Gasteiger partial charge in [-0.15, -0.1) is 0 Å². The lowest BCUT2D eigenvalue weighted by Crippen LogP contribution is -2.25. The summed E-state index contributed by atoms with van der Waals surface area (Å²) in [5.74, 6) is 0.0317. The van der Waals surface area contributed by atoms with Gasteiger partial charge in [-0.05, 0) is 38.9 Å². The lowest BCUT2D eigenvalue weighted by Gasteiger charge is -2.14. The fourth-order valence-corrected chi connectivity index (χ4v) is 1.87. The first-order valence-electron chi connectivity index (χ1n) is 5.28. The number of carbonyl (C=O) groups excluding carboxylic acids is 1. The molecule has 1 unspecified atom stereocenters. The zero-order valence-electron chi connectivity index (χ0n) is 8.87. The number of rotatable bonds is 5. The number of carbonyl (C=O) groups is 1. The van der Waals surface area contributed by atoms with Crippen molar-refractivity contribution in [2.45, 2.75) is 19.3 Å². The van der Waals surface area contributed by atoms with Crippen molar-refractivity contribution in [3.8, 4) is 0 Å². The zero-order valence-corrected chi connectivity index (χ0v) is 8.87. The highest BCUT2D eigenvalue weighted by Gasteiger charge is 2.28. The Morgan fingerprint density at radius 2 is 2.36 bits per heavy atom. The Morgan fingerprint density at radius 3 is 3.00 bits per heavy atom. The van der Waals surface area contributed by atoms with Gasteiger partial charge in [-0.3, -0.25) is 4.79 Å². The van der Waals surface area contributed by atoms with Gasteiger partial charge in [0.1, 0.15) is 0 Å². The third-order valence-corrected chi connectivity index (χ3v) is 2.74. The van der Waals surface area contributed by atoms with E-state index in [1.54, 1.807) is 0 Å². The Labute approximate surface area is 85.4 Å². The maximum Gasteiger partial charge on any atom is 0.310 e. The number of likely N-dealkylation sites (tertiary alicyclic amines) is 1. The quantitative estimate of drug-likeness (QED) is 0.509. The number of unbranched alkanes of at least 4 members (excludes halogenated alkanes) is 1. The second kappa shape index (κ2) is 5.98. The largest absolute Gasteiger partial charge is 0.469 e. The number of nitrogens with two attached hydrogens (primary N) is 1. The monoisotopic (exact) mass is 200 g/mol. The number of esters is 1. The highest BCUT2D eigenvalue weighted by Crippen LogP contribution is 2.17. The molecule has 0 aliphatic carbocycles. The van der Waals surface area contributed by atoms with E-state index in [0.717, 1.165) is 45.4 Å². The number of hydrogen-bond donors (Lipinski definition) is 1. The predicted octanol–water partition coefficient (Wildman–Crippen LogP) is 0.220. The standard InChI is InChI=1S/C10H20N2O2/c1-14-10(13)9-4-7-12(8-9)6-3-2-5-11/h9H,2-8,11H2,1H3. The Bertz CT molecular complexity index is 185. The minimum Gasteiger partial charge on any atom is -0.469 e. The van der Waals surface area contributed by atoms with Crippen molar-refractivity contribution in [2.24, 2.45) is 11.7 Å². The van der Waals surface area contributed by atoms with Crippen LogP contribution in [0.25, 0.3) is 0 Å². The molecule has 1 fully saturated rings. The van der Waals surface area contributed by atoms with Crippen LogP contribution < -0.4 is 5.73 Å². The Morgan fingerprint density at radius 1 is 1.57 bits per heavy atom. The molecule has 0 aromatic rings. The van der Waals surface area contributed by atoms with Crippen LogP contribution in [-0.2, 0) is 9.53 Å². The first kappa shape index (κ1) is 11.5. The van der Waals surface area contributed by atoms with Crippen LogP contribution in [0.5, 0.6) is 0 Å². The van der Waals surface area contributed by atoms with Gasteiger partial charge >= 0.3 is 5.97 Å². The molecule has 4 nitrogen and oxygen atoms in total. The van der Waals surface area contributed by atoms with Gasteiger partial charge in [-0.25, -0.2) is 0 Å². The van der Waals surface area contributed by atoms with Gasteiger partial charge in [0.2, 0.25) is 0 Å². The molecule has 1 atom stereocenters. The summed E-state index contributed by atoms with van der Waals surface area (Å²) >= 11 is 0. The first-order valence-corrected chi connectivity index (χ1v) is 5.28. The molecule has 1 aliphatic heterocycles. The van der Waals surface area contributed by atoms with Crippen molar-refractivity contribution < 1.29 is 9.53 Å². The van der Waals surface area contributed by atoms with Gasteiger partial charge in [-0.2, -0.15) is 0 Å². The van der Waals surface area contributed by atoms with Gasteiger partial charge in [0, 0.05) is 6.54 Å². The van der Waals surface area contributed by atoms with E-state index in [4.69, 9.17) is 10.5 Å². The van der Waals surface area contributed by atoms with Crippen LogP contribution in [0, 0.1) is 5.92 Å². The molecular weight excluding hydrogens is 180 g/mol. The molecule has 2 N–H and O–H groups in total. The molecule has 0 spiro atoms. The van der Waals surface area contributed by atoms with Gasteiger partial charge in [-0.1, -0.05) is 0 Å². The average molecular weight is 200 g/mol. The van der Waals surface area contributed by atoms with E-state index in [-0.39, 0.29) is 11.9 Å². The fraction of sp³-hybridized carbons (Fsp3) is 0.900. The molecule has 0 amide bonds. The predicted molar refractivity (Wildman–Crippen MR) is 54.9 cm³/mol. The van der Waals surface area contributed by atoms with E-state index in [1.165, 1.54) is 7.11 Å². The van der Waals surface area contributed by atoms with Gasteiger partial charge in [0.25, 0.3) is 0 Å². The summed E-state index contributed by atoms with van der Waals surface area (Å²) in [7, 11) is 1.46. The Hall–Kier alpha value is -0.610. The highest BCUT2D eigenvalue weighted by atomic mass is 16.5. The zero-order chi connectivity index (χ0) is 10.4. The summed E-state index contributed by atoms with van der Waals surface area (Å²) in [6.45, 7) is 3.69. The molecule has 0 saturated carbocycles. The van der Waals surface area contributed by atoms with Crippen molar-refractivity contribution in [1.29, 1.82) is 0 Å². The molecule has 0 aromatic carbocycles. The van der Waals surface area contributed by atoms with E-state index in [0.29, 0.717) is 0 Å². The maximum atomic E-state index is 11.2. The van der Waals surface area contributed by atoms with E-state index in [1.807, 2.05) is 0 Å². The molecule has 14 heavy (non-hydrogen) atoms. The van der Waals surface area contributed by atoms with Crippen LogP contribution in [0.15, 0.2) is 0 Å². The minimum absolute atomic E-state index is 0.0636. The van der Waals surface area contributed by atoms with Crippen LogP contribution in [0.2, 0.25) is 0 Å². The van der Waals surface area contributed by atoms with Crippen LogP contribution in [0.4, 0.5) is 0 Å². The summed E-state index contributed by atoms with van der Waals surface area (Å²) < 4.78 is 4.72. The molecule has 1 rings (SSSR count). The van der Waals surface area contributed by atoms with E-state index < -0.39 is 0 Å². The van der Waals surface area contributed by atoms with E-state index >= 15 is 0 Å². The fourth-order valence-electron chi connectivity index (χ4n) is 1.87. The van der Waals surface area contributed by atoms with Crippen molar-refractivity contribution in [3.63, 3.8) is 0 Å². The molecule has 1 heterocycles. The van der Waals surface area contributed by atoms with Crippen LogP contribution in [-0.4, -0.2) is 44.2 Å². The highest BCUT2D eigenvalue weighted by molar-refractivity contribution is 5.72. The lowest BCUT2D eigenvalue weighted by molar-refractivity contribution is -0.144. The number of ether oxygens (including phenoxy) is 1. The molecule has 0 radical (unpaired) electrons. The topological polar surface area (TPSA) is 55.6 Å². The smallest absolute Gasteiger partial charge is 0.310 e. The third-order valence-electron chi connectivity index (χ3n) is 2.74. The van der Waals surface area contributed by atoms with E-state index in [9.17, 15) is 4.79 Å². The number of hydrogen-bond acceptors (Lipinski definition) is 4. The Balaban J connectivity index is 2.17. The summed E-state index contributed by atoms with van der Waals surface area (Å²) in [6, 6.07) is 0. The van der Waals surface area contributed by atoms with Gasteiger partial charge in [0.15, 0.2) is 0 Å². The molecular formula is C10H20N2O2. The van der Waals surface area contributed by atoms with Crippen LogP contribution >= 0.6 is 0 Å². The average Bonchev–Trinajstić information content (AvgIpc) is 2.66. The van der Waals surface area contributed by atoms with Gasteiger partial charge in [0.05, 0.1) is 13.0 Å². The van der Waals surface area contributed by atoms with Crippen molar-refractivity contribution in [1.82, 2.24) is 4.90 Å². The summed E-state index contributed by atoms with van der Waals surface area (Å²) in [5, 5.41) is 0. The van der Waals surface area contributed by atoms with E-state index in [2.05, 4.69) is 4.90 Å². The Kier molecular flexibility index (Phi) is 4.90. The summed E-state index contributed by atoms with van der Waals surface area (Å²) in [6.07, 6.45) is 3.14. The normalized spacial score (nSPS) is 22.6. The molecule has 0 aromatic heterocycles. The molecule has 1 aliphatic rings. The SMILES string of the molecule is COC(=O)C1CCN(CCCCN)C1. The number of methoxy groups -OCH3 is 1. The van der Waals surface area contributed by atoms with Crippen molar-refractivity contribution in [3.05, 3.63) is 0 Å². The van der Waals surface area contributed by atoms with Crippen LogP contribution in [0.3, 0.4) is 0 Å². The lowest BCUT2D eigenvalue weighted by atomic mass is 10.1. The first-order chi connectivity index (χ1) is 6.77. The maximum absolute atomic E-state index is 11.2. The van der Waals surface area contributed by atoms with Crippen molar-refractivity contribution >= 4 is 5.97 Å². The molecule has 4 heteroatoms. The molecule has 0 bridgehead atoms. The molecule has 1 saturated heterocycles. The summed E-state index contributed by atoms with van der Waals surface area (Å²) in [5.41, 5.74) is 5.42. The number of nitrogens with zero attached hydrogens (tertiary/aromatic N) is 1. The third kappa shape index (κ3) is 3.27. The van der Waals surface area contributed by atoms with Crippen molar-refractivity contribution in [2.75, 3.05) is 33.3 Å². The second-order valence-corrected chi connectivity index (χ2v) is 3.81. The van der Waals surface area contributed by atoms with Crippen LogP contribution in [0.1, 0.15) is 19.3 Å².